The Morgan fingerprint density at radius 3 is 2.41 bits per heavy atom. The highest BCUT2D eigenvalue weighted by Gasteiger charge is 2.49. The lowest BCUT2D eigenvalue weighted by Gasteiger charge is -2.47. The molecule has 0 spiro atoms. The number of amides is 2. The van der Waals surface area contributed by atoms with E-state index in [1.165, 1.54) is 4.90 Å². The van der Waals surface area contributed by atoms with Crippen molar-refractivity contribution in [2.24, 2.45) is 0 Å². The number of benzene rings is 1. The average Bonchev–Trinajstić information content (AvgIpc) is 3.17. The molecule has 0 unspecified atom stereocenters. The van der Waals surface area contributed by atoms with Crippen LogP contribution in [0.15, 0.2) is 24.3 Å². The third-order valence-corrected chi connectivity index (χ3v) is 7.04. The zero-order chi connectivity index (χ0) is 21.2. The van der Waals surface area contributed by atoms with Gasteiger partial charge in [0, 0.05) is 19.1 Å². The standard InChI is InChI=1S/C20H29N3O5S/c1-20(19(25)21-16-6-4-5-7-16)14-22(29(3,26)27)13-18(24)23(20)12-15-8-10-17(28-2)11-9-15/h8-11,16H,4-7,12-14H2,1-3H3,(H,21,25)/t20-/m1/s1. The second kappa shape index (κ2) is 8.31. The molecule has 1 aliphatic carbocycles. The number of nitrogens with one attached hydrogen (secondary N) is 1. The molecule has 160 valence electrons. The van der Waals surface area contributed by atoms with Gasteiger partial charge in [0.1, 0.15) is 11.3 Å². The lowest BCUT2D eigenvalue weighted by molar-refractivity contribution is -0.154. The summed E-state index contributed by atoms with van der Waals surface area (Å²) in [5.74, 6) is 0.00453. The monoisotopic (exact) mass is 423 g/mol. The number of carbonyl (C=O) groups excluding carboxylic acids is 2. The summed E-state index contributed by atoms with van der Waals surface area (Å²) >= 11 is 0. The highest BCUT2D eigenvalue weighted by atomic mass is 32.2. The van der Waals surface area contributed by atoms with Crippen LogP contribution in [0, 0.1) is 0 Å². The van der Waals surface area contributed by atoms with E-state index in [0.29, 0.717) is 5.75 Å². The molecule has 9 heteroatoms. The van der Waals surface area contributed by atoms with Crippen LogP contribution in [0.4, 0.5) is 0 Å². The van der Waals surface area contributed by atoms with Crippen molar-refractivity contribution in [1.82, 2.24) is 14.5 Å². The number of nitrogens with zero attached hydrogens (tertiary/aromatic N) is 2. The molecule has 0 radical (unpaired) electrons. The number of sulfonamides is 1. The molecule has 2 amide bonds. The van der Waals surface area contributed by atoms with Crippen LogP contribution in [0.2, 0.25) is 0 Å². The van der Waals surface area contributed by atoms with Gasteiger partial charge in [-0.2, -0.15) is 4.31 Å². The van der Waals surface area contributed by atoms with E-state index in [0.717, 1.165) is 41.8 Å². The summed E-state index contributed by atoms with van der Waals surface area (Å²) in [6.07, 6.45) is 5.00. The summed E-state index contributed by atoms with van der Waals surface area (Å²) in [6.45, 7) is 1.54. The molecule has 1 aromatic rings. The van der Waals surface area contributed by atoms with E-state index >= 15 is 0 Å². The molecule has 1 aliphatic heterocycles. The predicted molar refractivity (Wildman–Crippen MR) is 109 cm³/mol. The molecule has 0 aromatic heterocycles. The molecule has 1 heterocycles. The SMILES string of the molecule is COc1ccc(CN2C(=O)CN(S(C)(=O)=O)C[C@]2(C)C(=O)NC2CCCC2)cc1. The van der Waals surface area contributed by atoms with Crippen molar-refractivity contribution >= 4 is 21.8 Å². The topological polar surface area (TPSA) is 96.0 Å². The first kappa shape index (κ1) is 21.6. The van der Waals surface area contributed by atoms with Crippen LogP contribution in [-0.2, 0) is 26.2 Å². The highest BCUT2D eigenvalue weighted by Crippen LogP contribution is 2.28. The van der Waals surface area contributed by atoms with Crippen LogP contribution in [0.3, 0.4) is 0 Å². The zero-order valence-electron chi connectivity index (χ0n) is 17.2. The zero-order valence-corrected chi connectivity index (χ0v) is 18.0. The quantitative estimate of drug-likeness (QED) is 0.740. The van der Waals surface area contributed by atoms with Crippen molar-refractivity contribution in [2.45, 2.75) is 50.7 Å². The van der Waals surface area contributed by atoms with Crippen molar-refractivity contribution in [3.8, 4) is 5.75 Å². The molecular formula is C20H29N3O5S. The third kappa shape index (κ3) is 4.72. The third-order valence-electron chi connectivity index (χ3n) is 5.84. The summed E-state index contributed by atoms with van der Waals surface area (Å²) in [7, 11) is -2.03. The number of carbonyl (C=O) groups is 2. The van der Waals surface area contributed by atoms with Crippen molar-refractivity contribution < 1.29 is 22.7 Å². The minimum atomic E-state index is -3.61. The minimum absolute atomic E-state index is 0.0632. The van der Waals surface area contributed by atoms with Gasteiger partial charge in [-0.15, -0.1) is 0 Å². The predicted octanol–water partition coefficient (Wildman–Crippen LogP) is 1.12. The van der Waals surface area contributed by atoms with Crippen molar-refractivity contribution in [3.63, 3.8) is 0 Å². The molecule has 1 aromatic carbocycles. The fraction of sp³-hybridized carbons (Fsp3) is 0.600. The Labute approximate surface area is 172 Å². The molecule has 8 nitrogen and oxygen atoms in total. The van der Waals surface area contributed by atoms with Gasteiger partial charge >= 0.3 is 0 Å². The number of rotatable bonds is 6. The molecule has 3 rings (SSSR count). The molecule has 29 heavy (non-hydrogen) atoms. The maximum atomic E-state index is 13.2. The smallest absolute Gasteiger partial charge is 0.247 e. The fourth-order valence-corrected chi connectivity index (χ4v) is 4.84. The average molecular weight is 424 g/mol. The van der Waals surface area contributed by atoms with Crippen molar-refractivity contribution in [1.29, 1.82) is 0 Å². The van der Waals surface area contributed by atoms with Crippen LogP contribution in [0.1, 0.15) is 38.2 Å². The summed E-state index contributed by atoms with van der Waals surface area (Å²) < 4.78 is 30.5. The van der Waals surface area contributed by atoms with Crippen LogP contribution < -0.4 is 10.1 Å². The second-order valence-corrected chi connectivity index (χ2v) is 10.1. The maximum Gasteiger partial charge on any atom is 0.247 e. The molecular weight excluding hydrogens is 394 g/mol. The lowest BCUT2D eigenvalue weighted by atomic mass is 9.94. The Balaban J connectivity index is 1.89. The Hall–Kier alpha value is -2.13. The molecule has 0 bridgehead atoms. The number of methoxy groups -OCH3 is 1. The Morgan fingerprint density at radius 1 is 1.24 bits per heavy atom. The Bertz CT molecular complexity index is 865. The van der Waals surface area contributed by atoms with Gasteiger partial charge in [-0.1, -0.05) is 25.0 Å². The van der Waals surface area contributed by atoms with Crippen molar-refractivity contribution in [2.75, 3.05) is 26.5 Å². The molecule has 2 fully saturated rings. The highest BCUT2D eigenvalue weighted by molar-refractivity contribution is 7.88. The van der Waals surface area contributed by atoms with E-state index in [9.17, 15) is 18.0 Å². The fourth-order valence-electron chi connectivity index (χ4n) is 4.01. The van der Waals surface area contributed by atoms with E-state index in [-0.39, 0.29) is 37.5 Å². The first-order valence-electron chi connectivity index (χ1n) is 9.83. The number of hydrogen-bond acceptors (Lipinski definition) is 5. The van der Waals surface area contributed by atoms with Gasteiger partial charge in [-0.05, 0) is 37.5 Å². The van der Waals surface area contributed by atoms with Crippen LogP contribution in [0.25, 0.3) is 0 Å². The molecule has 1 N–H and O–H groups in total. The van der Waals surface area contributed by atoms with Gasteiger partial charge in [-0.3, -0.25) is 9.59 Å². The molecule has 1 atom stereocenters. The molecule has 1 saturated heterocycles. The number of ether oxygens (including phenoxy) is 1. The van der Waals surface area contributed by atoms with E-state index in [1.807, 2.05) is 12.1 Å². The largest absolute Gasteiger partial charge is 0.497 e. The minimum Gasteiger partial charge on any atom is -0.497 e. The second-order valence-electron chi connectivity index (χ2n) is 8.09. The Kier molecular flexibility index (Phi) is 6.19. The first-order chi connectivity index (χ1) is 13.6. The van der Waals surface area contributed by atoms with Crippen LogP contribution in [-0.4, -0.2) is 67.5 Å². The van der Waals surface area contributed by atoms with E-state index in [4.69, 9.17) is 4.74 Å². The van der Waals surface area contributed by atoms with Gasteiger partial charge < -0.3 is 15.0 Å². The molecule has 2 aliphatic rings. The van der Waals surface area contributed by atoms with Crippen LogP contribution in [0.5, 0.6) is 5.75 Å². The summed E-state index contributed by atoms with van der Waals surface area (Å²) in [6, 6.07) is 7.34. The molecule has 1 saturated carbocycles. The Morgan fingerprint density at radius 2 is 1.86 bits per heavy atom. The van der Waals surface area contributed by atoms with Gasteiger partial charge in [0.25, 0.3) is 0 Å². The summed E-state index contributed by atoms with van der Waals surface area (Å²) in [5, 5.41) is 3.04. The van der Waals surface area contributed by atoms with E-state index in [2.05, 4.69) is 5.32 Å². The summed E-state index contributed by atoms with van der Waals surface area (Å²) in [5.41, 5.74) is -0.451. The van der Waals surface area contributed by atoms with Gasteiger partial charge in [-0.25, -0.2) is 8.42 Å². The normalized spacial score (nSPS) is 24.0. The van der Waals surface area contributed by atoms with Gasteiger partial charge in [0.15, 0.2) is 0 Å². The number of hydrogen-bond donors (Lipinski definition) is 1. The van der Waals surface area contributed by atoms with E-state index in [1.54, 1.807) is 26.2 Å². The van der Waals surface area contributed by atoms with Crippen molar-refractivity contribution in [3.05, 3.63) is 29.8 Å². The van der Waals surface area contributed by atoms with E-state index < -0.39 is 15.6 Å². The first-order valence-corrected chi connectivity index (χ1v) is 11.7. The number of piperazine rings is 1. The summed E-state index contributed by atoms with van der Waals surface area (Å²) in [4.78, 5) is 27.7. The van der Waals surface area contributed by atoms with Gasteiger partial charge in [0.05, 0.1) is 19.9 Å². The van der Waals surface area contributed by atoms with Crippen LogP contribution >= 0.6 is 0 Å². The maximum absolute atomic E-state index is 13.2. The van der Waals surface area contributed by atoms with Gasteiger partial charge in [0.2, 0.25) is 21.8 Å². The lowest BCUT2D eigenvalue weighted by Crippen LogP contribution is -2.69.